The van der Waals surface area contributed by atoms with Crippen LogP contribution >= 0.6 is 11.6 Å². The number of ether oxygens (including phenoxy) is 2. The minimum atomic E-state index is -0.698. The number of nitrogens with one attached hydrogen (secondary N) is 1. The van der Waals surface area contributed by atoms with Gasteiger partial charge in [-0.15, -0.1) is 0 Å². The molecule has 23 heavy (non-hydrogen) atoms. The molecular weight excluding hydrogens is 322 g/mol. The standard InChI is InChI=1S/C15H22ClN3O4/c1-8(7-22-4)17-12-13(20)19-9(14(21)23-5)6-15(2,3)10(19)11(16)18-12/h8-9H,6-7H2,1-5H3,(H,17,18)/t8?,9-/m0/s1. The Balaban J connectivity index is 2.56. The van der Waals surface area contributed by atoms with Crippen molar-refractivity contribution in [3.05, 3.63) is 21.2 Å². The fraction of sp³-hybridized carbons (Fsp3) is 0.667. The fourth-order valence-corrected chi connectivity index (χ4v) is 3.46. The summed E-state index contributed by atoms with van der Waals surface area (Å²) in [6.45, 7) is 6.12. The number of esters is 1. The molecule has 0 saturated carbocycles. The Hall–Kier alpha value is -1.60. The van der Waals surface area contributed by atoms with E-state index in [1.807, 2.05) is 20.8 Å². The minimum absolute atomic E-state index is 0.106. The van der Waals surface area contributed by atoms with Crippen LogP contribution in [-0.4, -0.2) is 42.4 Å². The highest BCUT2D eigenvalue weighted by molar-refractivity contribution is 6.30. The molecule has 2 atom stereocenters. The number of nitrogens with zero attached hydrogens (tertiary/aromatic N) is 2. The molecule has 0 bridgehead atoms. The fourth-order valence-electron chi connectivity index (χ4n) is 3.03. The average molecular weight is 344 g/mol. The maximum Gasteiger partial charge on any atom is 0.329 e. The number of anilines is 1. The van der Waals surface area contributed by atoms with Crippen molar-refractivity contribution in [1.82, 2.24) is 9.55 Å². The molecule has 1 aliphatic heterocycles. The number of aromatic nitrogens is 2. The van der Waals surface area contributed by atoms with E-state index >= 15 is 0 Å². The Kier molecular flexibility index (Phi) is 5.01. The maximum atomic E-state index is 12.8. The second-order valence-electron chi connectivity index (χ2n) is 6.40. The molecule has 2 rings (SSSR count). The van der Waals surface area contributed by atoms with E-state index in [-0.39, 0.29) is 22.6 Å². The Bertz CT molecular complexity index is 671. The Labute approximate surface area is 139 Å². The van der Waals surface area contributed by atoms with Crippen molar-refractivity contribution in [2.24, 2.45) is 0 Å². The first kappa shape index (κ1) is 17.7. The molecule has 1 aromatic rings. The molecule has 1 aromatic heterocycles. The number of carbonyl (C=O) groups is 1. The van der Waals surface area contributed by atoms with Gasteiger partial charge in [-0.25, -0.2) is 9.78 Å². The van der Waals surface area contributed by atoms with E-state index in [4.69, 9.17) is 21.1 Å². The van der Waals surface area contributed by atoms with Crippen molar-refractivity contribution < 1.29 is 14.3 Å². The van der Waals surface area contributed by atoms with Crippen LogP contribution in [0.4, 0.5) is 5.82 Å². The van der Waals surface area contributed by atoms with E-state index < -0.39 is 17.4 Å². The Morgan fingerprint density at radius 3 is 2.74 bits per heavy atom. The second-order valence-corrected chi connectivity index (χ2v) is 6.76. The van der Waals surface area contributed by atoms with Crippen LogP contribution in [0.5, 0.6) is 0 Å². The summed E-state index contributed by atoms with van der Waals surface area (Å²) in [5.41, 5.74) is -0.267. The molecular formula is C15H22ClN3O4. The van der Waals surface area contributed by atoms with Gasteiger partial charge in [-0.2, -0.15) is 0 Å². The van der Waals surface area contributed by atoms with Crippen LogP contribution in [0, 0.1) is 0 Å². The number of rotatable bonds is 5. The summed E-state index contributed by atoms with van der Waals surface area (Å²) in [7, 11) is 2.88. The molecule has 2 heterocycles. The van der Waals surface area contributed by atoms with E-state index in [1.165, 1.54) is 11.7 Å². The number of hydrogen-bond donors (Lipinski definition) is 1. The van der Waals surface area contributed by atoms with E-state index in [1.54, 1.807) is 7.11 Å². The molecule has 0 saturated heterocycles. The third-order valence-electron chi connectivity index (χ3n) is 4.00. The van der Waals surface area contributed by atoms with Crippen molar-refractivity contribution in [2.45, 2.75) is 44.7 Å². The molecule has 128 valence electrons. The lowest BCUT2D eigenvalue weighted by Crippen LogP contribution is -2.34. The van der Waals surface area contributed by atoms with Crippen LogP contribution < -0.4 is 10.9 Å². The predicted octanol–water partition coefficient (Wildman–Crippen LogP) is 1.74. The van der Waals surface area contributed by atoms with Gasteiger partial charge in [0.05, 0.1) is 19.4 Å². The highest BCUT2D eigenvalue weighted by Gasteiger charge is 2.44. The highest BCUT2D eigenvalue weighted by atomic mass is 35.5. The van der Waals surface area contributed by atoms with Crippen LogP contribution in [0.1, 0.15) is 38.9 Å². The zero-order chi connectivity index (χ0) is 17.4. The smallest absolute Gasteiger partial charge is 0.329 e. The molecule has 0 spiro atoms. The van der Waals surface area contributed by atoms with Gasteiger partial charge >= 0.3 is 5.97 Å². The van der Waals surface area contributed by atoms with Crippen molar-refractivity contribution >= 4 is 23.4 Å². The summed E-state index contributed by atoms with van der Waals surface area (Å²) in [6, 6.07) is -0.822. The van der Waals surface area contributed by atoms with Crippen molar-refractivity contribution in [1.29, 1.82) is 0 Å². The molecule has 1 aliphatic rings. The lowest BCUT2D eigenvalue weighted by Gasteiger charge is -2.20. The zero-order valence-corrected chi connectivity index (χ0v) is 14.7. The zero-order valence-electron chi connectivity index (χ0n) is 14.0. The van der Waals surface area contributed by atoms with Gasteiger partial charge in [0.2, 0.25) is 0 Å². The van der Waals surface area contributed by atoms with Gasteiger partial charge in [-0.3, -0.25) is 9.36 Å². The first-order valence-electron chi connectivity index (χ1n) is 7.38. The third kappa shape index (κ3) is 3.21. The Morgan fingerprint density at radius 2 is 2.17 bits per heavy atom. The van der Waals surface area contributed by atoms with Crippen LogP contribution in [-0.2, 0) is 19.7 Å². The van der Waals surface area contributed by atoms with E-state index in [0.717, 1.165) is 0 Å². The molecule has 0 aromatic carbocycles. The summed E-state index contributed by atoms with van der Waals surface area (Å²) in [5, 5.41) is 3.20. The normalized spacial score (nSPS) is 20.0. The van der Waals surface area contributed by atoms with Crippen molar-refractivity contribution in [2.75, 3.05) is 26.1 Å². The lowest BCUT2D eigenvalue weighted by molar-refractivity contribution is -0.144. The first-order valence-corrected chi connectivity index (χ1v) is 7.76. The molecule has 0 aliphatic carbocycles. The monoisotopic (exact) mass is 343 g/mol. The minimum Gasteiger partial charge on any atom is -0.467 e. The summed E-state index contributed by atoms with van der Waals surface area (Å²) >= 11 is 6.31. The molecule has 0 radical (unpaired) electrons. The van der Waals surface area contributed by atoms with Gasteiger partial charge in [0.15, 0.2) is 11.0 Å². The average Bonchev–Trinajstić information content (AvgIpc) is 2.76. The summed E-state index contributed by atoms with van der Waals surface area (Å²) < 4.78 is 11.3. The molecule has 0 fully saturated rings. The lowest BCUT2D eigenvalue weighted by atomic mass is 9.87. The quantitative estimate of drug-likeness (QED) is 0.820. The van der Waals surface area contributed by atoms with Crippen molar-refractivity contribution in [3.63, 3.8) is 0 Å². The third-order valence-corrected chi connectivity index (χ3v) is 4.26. The van der Waals surface area contributed by atoms with Gasteiger partial charge < -0.3 is 14.8 Å². The highest BCUT2D eigenvalue weighted by Crippen LogP contribution is 2.43. The number of halogens is 1. The molecule has 1 N–H and O–H groups in total. The first-order chi connectivity index (χ1) is 10.7. The van der Waals surface area contributed by atoms with Gasteiger partial charge in [0, 0.05) is 18.6 Å². The van der Waals surface area contributed by atoms with E-state index in [9.17, 15) is 9.59 Å². The largest absolute Gasteiger partial charge is 0.467 e. The SMILES string of the molecule is COCC(C)Nc1nc(Cl)c2n(c1=O)[C@H](C(=O)OC)CC2(C)C. The van der Waals surface area contributed by atoms with E-state index in [2.05, 4.69) is 10.3 Å². The summed E-state index contributed by atoms with van der Waals surface area (Å²) in [5.74, 6) is -0.355. The summed E-state index contributed by atoms with van der Waals surface area (Å²) in [6.07, 6.45) is 0.438. The van der Waals surface area contributed by atoms with Gasteiger partial charge in [-0.05, 0) is 13.3 Å². The van der Waals surface area contributed by atoms with Crippen LogP contribution in [0.3, 0.4) is 0 Å². The van der Waals surface area contributed by atoms with Crippen LogP contribution in [0.2, 0.25) is 5.15 Å². The van der Waals surface area contributed by atoms with Gasteiger partial charge in [0.25, 0.3) is 5.56 Å². The van der Waals surface area contributed by atoms with E-state index in [0.29, 0.717) is 18.7 Å². The molecule has 0 amide bonds. The molecule has 8 heteroatoms. The van der Waals surface area contributed by atoms with Crippen molar-refractivity contribution in [3.8, 4) is 0 Å². The van der Waals surface area contributed by atoms with Gasteiger partial charge in [-0.1, -0.05) is 25.4 Å². The van der Waals surface area contributed by atoms with Crippen LogP contribution in [0.15, 0.2) is 4.79 Å². The topological polar surface area (TPSA) is 82.5 Å². The maximum absolute atomic E-state index is 12.8. The number of hydrogen-bond acceptors (Lipinski definition) is 6. The van der Waals surface area contributed by atoms with Crippen LogP contribution in [0.25, 0.3) is 0 Å². The molecule has 1 unspecified atom stereocenters. The second kappa shape index (κ2) is 6.49. The summed E-state index contributed by atoms with van der Waals surface area (Å²) in [4.78, 5) is 29.1. The number of methoxy groups -OCH3 is 2. The van der Waals surface area contributed by atoms with Gasteiger partial charge in [0.1, 0.15) is 6.04 Å². The number of carbonyl (C=O) groups excluding carboxylic acids is 1. The molecule has 7 nitrogen and oxygen atoms in total. The number of fused-ring (bicyclic) bond motifs is 1. The Morgan fingerprint density at radius 1 is 1.52 bits per heavy atom. The predicted molar refractivity (Wildman–Crippen MR) is 87.2 cm³/mol.